The molecular weight excluding hydrogens is 216 g/mol. The molecule has 0 saturated heterocycles. The highest BCUT2D eigenvalue weighted by Gasteiger charge is 2.08. The van der Waals surface area contributed by atoms with Crippen LogP contribution in [0.25, 0.3) is 0 Å². The van der Waals surface area contributed by atoms with E-state index in [0.717, 1.165) is 0 Å². The van der Waals surface area contributed by atoms with Crippen molar-refractivity contribution in [3.8, 4) is 0 Å². The van der Waals surface area contributed by atoms with Crippen molar-refractivity contribution >= 4 is 19.0 Å². The van der Waals surface area contributed by atoms with E-state index in [0.29, 0.717) is 0 Å². The Labute approximate surface area is 90.9 Å². The molecule has 0 aliphatic heterocycles. The molecule has 0 N–H and O–H groups in total. The highest BCUT2D eigenvalue weighted by atomic mass is 28.2. The van der Waals surface area contributed by atoms with Crippen LogP contribution in [0.2, 0.25) is 12.1 Å². The molecular formula is C8H22O4Si2. The zero-order chi connectivity index (χ0) is 10.8. The van der Waals surface area contributed by atoms with E-state index in [4.69, 9.17) is 18.9 Å². The summed E-state index contributed by atoms with van der Waals surface area (Å²) in [5.74, 6) is 0.153. The van der Waals surface area contributed by atoms with Crippen molar-refractivity contribution in [2.75, 3.05) is 28.4 Å². The van der Waals surface area contributed by atoms with Gasteiger partial charge in [0.25, 0.3) is 0 Å². The van der Waals surface area contributed by atoms with E-state index in [1.165, 1.54) is 12.1 Å². The maximum absolute atomic E-state index is 5.15. The maximum atomic E-state index is 5.15. The first kappa shape index (κ1) is 14.3. The Balaban J connectivity index is 3.35. The van der Waals surface area contributed by atoms with Crippen LogP contribution in [0, 0.1) is 0 Å². The normalized spacial score (nSPS) is 13.3. The van der Waals surface area contributed by atoms with Crippen molar-refractivity contribution in [1.82, 2.24) is 0 Å². The second-order valence-electron chi connectivity index (χ2n) is 3.09. The van der Waals surface area contributed by atoms with Gasteiger partial charge in [0.1, 0.15) is 11.8 Å². The molecule has 0 unspecified atom stereocenters. The quantitative estimate of drug-likeness (QED) is 0.303. The molecule has 6 heteroatoms. The molecule has 0 saturated carbocycles. The van der Waals surface area contributed by atoms with Crippen LogP contribution in [0.15, 0.2) is 0 Å². The second kappa shape index (κ2) is 9.81. The average molecular weight is 238 g/mol. The van der Waals surface area contributed by atoms with Crippen molar-refractivity contribution in [2.45, 2.75) is 23.9 Å². The van der Waals surface area contributed by atoms with Gasteiger partial charge in [0.2, 0.25) is 0 Å². The fraction of sp³-hybridized carbons (Fsp3) is 1.00. The molecule has 0 spiro atoms. The lowest BCUT2D eigenvalue weighted by atomic mass is 10.9. The second-order valence-corrected chi connectivity index (χ2v) is 6.99. The van der Waals surface area contributed by atoms with Gasteiger partial charge < -0.3 is 18.9 Å². The van der Waals surface area contributed by atoms with Gasteiger partial charge in [0, 0.05) is 28.4 Å². The lowest BCUT2D eigenvalue weighted by Crippen LogP contribution is -2.24. The summed E-state index contributed by atoms with van der Waals surface area (Å²) in [7, 11) is 6.29. The lowest BCUT2D eigenvalue weighted by molar-refractivity contribution is -0.0452. The summed E-state index contributed by atoms with van der Waals surface area (Å²) in [6.07, 6.45) is 0. The predicted octanol–water partition coefficient (Wildman–Crippen LogP) is -0.687. The highest BCUT2D eigenvalue weighted by molar-refractivity contribution is 6.43. The van der Waals surface area contributed by atoms with Crippen molar-refractivity contribution in [3.05, 3.63) is 0 Å². The van der Waals surface area contributed by atoms with Crippen LogP contribution in [0.4, 0.5) is 0 Å². The van der Waals surface area contributed by atoms with Crippen LogP contribution in [0.1, 0.15) is 0 Å². The van der Waals surface area contributed by atoms with Gasteiger partial charge in [-0.25, -0.2) is 0 Å². The number of ether oxygens (including phenoxy) is 4. The molecule has 0 bridgehead atoms. The summed E-state index contributed by atoms with van der Waals surface area (Å²) in [5, 5.41) is 0. The molecule has 0 amide bonds. The third-order valence-electron chi connectivity index (χ3n) is 2.18. The van der Waals surface area contributed by atoms with Gasteiger partial charge in [-0.1, -0.05) is 12.1 Å². The molecule has 0 aromatic carbocycles. The van der Waals surface area contributed by atoms with Crippen molar-refractivity contribution < 1.29 is 18.9 Å². The topological polar surface area (TPSA) is 36.9 Å². The summed E-state index contributed by atoms with van der Waals surface area (Å²) in [5.41, 5.74) is 0. The van der Waals surface area contributed by atoms with Gasteiger partial charge in [0.15, 0.2) is 0 Å². The van der Waals surface area contributed by atoms with Crippen LogP contribution in [-0.4, -0.2) is 59.3 Å². The molecule has 0 aromatic rings. The first-order valence-electron chi connectivity index (χ1n) is 4.89. The number of hydrogen-bond acceptors (Lipinski definition) is 4. The largest absolute Gasteiger partial charge is 0.360 e. The summed E-state index contributed by atoms with van der Waals surface area (Å²) in [6, 6.07) is 2.50. The Kier molecular flexibility index (Phi) is 10.0. The fourth-order valence-electron chi connectivity index (χ4n) is 1.29. The summed E-state index contributed by atoms with van der Waals surface area (Å²) in [4.78, 5) is 0. The summed E-state index contributed by atoms with van der Waals surface area (Å²) in [6.45, 7) is 0. The monoisotopic (exact) mass is 238 g/mol. The van der Waals surface area contributed by atoms with E-state index in [1.807, 2.05) is 0 Å². The fourth-order valence-corrected chi connectivity index (χ4v) is 5.20. The van der Waals surface area contributed by atoms with Crippen molar-refractivity contribution in [2.24, 2.45) is 0 Å². The van der Waals surface area contributed by atoms with Crippen LogP contribution in [-0.2, 0) is 18.9 Å². The molecule has 0 heterocycles. The molecule has 0 aromatic heterocycles. The van der Waals surface area contributed by atoms with Crippen LogP contribution in [0.5, 0.6) is 0 Å². The van der Waals surface area contributed by atoms with E-state index in [1.54, 1.807) is 28.4 Å². The molecule has 14 heavy (non-hydrogen) atoms. The average Bonchev–Trinajstić information content (AvgIpc) is 2.24. The number of rotatable bonds is 9. The molecule has 0 fully saturated rings. The minimum Gasteiger partial charge on any atom is -0.360 e. The first-order chi connectivity index (χ1) is 6.78. The number of hydrogen-bond donors (Lipinski definition) is 0. The van der Waals surface area contributed by atoms with Gasteiger partial charge in [-0.05, 0) is 0 Å². The van der Waals surface area contributed by atoms with Gasteiger partial charge in [-0.3, -0.25) is 0 Å². The third kappa shape index (κ3) is 6.69. The van der Waals surface area contributed by atoms with E-state index in [9.17, 15) is 0 Å². The molecule has 0 radical (unpaired) electrons. The van der Waals surface area contributed by atoms with E-state index >= 15 is 0 Å². The standard InChI is InChI=1S/C8H22O4Si2/c1-9-7(10-2)13-5-6-14-8(11-3)12-4/h7-8H,5-6,13-14H2,1-4H3. The van der Waals surface area contributed by atoms with Gasteiger partial charge in [0.05, 0.1) is 19.0 Å². The minimum absolute atomic E-state index is 0.0764. The Bertz CT molecular complexity index is 104. The zero-order valence-electron chi connectivity index (χ0n) is 9.62. The van der Waals surface area contributed by atoms with Crippen molar-refractivity contribution in [1.29, 1.82) is 0 Å². The Hall–Kier alpha value is 0.274. The molecule has 4 nitrogen and oxygen atoms in total. The highest BCUT2D eigenvalue weighted by Crippen LogP contribution is 1.99. The Morgan fingerprint density at radius 2 is 1.00 bits per heavy atom. The first-order valence-corrected chi connectivity index (χ1v) is 8.53. The zero-order valence-corrected chi connectivity index (χ0v) is 12.4. The summed E-state index contributed by atoms with van der Waals surface area (Å²) >= 11 is 0. The lowest BCUT2D eigenvalue weighted by Gasteiger charge is -2.14. The molecule has 0 atom stereocenters. The molecule has 0 rings (SSSR count). The molecule has 0 aliphatic rings. The van der Waals surface area contributed by atoms with E-state index in [-0.39, 0.29) is 30.9 Å². The third-order valence-corrected chi connectivity index (χ3v) is 7.27. The van der Waals surface area contributed by atoms with Gasteiger partial charge in [-0.2, -0.15) is 0 Å². The van der Waals surface area contributed by atoms with Crippen LogP contribution < -0.4 is 0 Å². The molecule has 0 aliphatic carbocycles. The molecule has 86 valence electrons. The predicted molar refractivity (Wildman–Crippen MR) is 62.3 cm³/mol. The van der Waals surface area contributed by atoms with E-state index < -0.39 is 0 Å². The number of methoxy groups -OCH3 is 4. The Morgan fingerprint density at radius 1 is 0.714 bits per heavy atom. The van der Waals surface area contributed by atoms with Crippen molar-refractivity contribution in [3.63, 3.8) is 0 Å². The van der Waals surface area contributed by atoms with Crippen LogP contribution in [0.3, 0.4) is 0 Å². The smallest absolute Gasteiger partial charge is 0.134 e. The SMILES string of the molecule is COC(OC)[SiH2]CC[SiH2]C(OC)OC. The maximum Gasteiger partial charge on any atom is 0.134 e. The Morgan fingerprint density at radius 3 is 1.21 bits per heavy atom. The van der Waals surface area contributed by atoms with Crippen LogP contribution >= 0.6 is 0 Å². The van der Waals surface area contributed by atoms with E-state index in [2.05, 4.69) is 0 Å². The minimum atomic E-state index is -0.254. The van der Waals surface area contributed by atoms with Gasteiger partial charge >= 0.3 is 0 Å². The van der Waals surface area contributed by atoms with Gasteiger partial charge in [-0.15, -0.1) is 0 Å². The summed E-state index contributed by atoms with van der Waals surface area (Å²) < 4.78 is 20.6.